The molecule has 1 nitrogen and oxygen atoms in total. The summed E-state index contributed by atoms with van der Waals surface area (Å²) in [5.41, 5.74) is 6.19. The zero-order chi connectivity index (χ0) is 8.72. The Morgan fingerprint density at radius 2 is 2.17 bits per heavy atom. The van der Waals surface area contributed by atoms with Gasteiger partial charge in [0.05, 0.1) is 0 Å². The molecule has 0 atom stereocenters. The summed E-state index contributed by atoms with van der Waals surface area (Å²) in [7, 11) is 0. The molecule has 2 aromatic rings. The predicted octanol–water partition coefficient (Wildman–Crippen LogP) is 2.91. The molecule has 1 aromatic carbocycles. The second kappa shape index (κ2) is 2.64. The third-order valence-electron chi connectivity index (χ3n) is 1.68. The van der Waals surface area contributed by atoms with Gasteiger partial charge in [-0.15, -0.1) is 24.0 Å². The molecule has 4 heteroatoms. The van der Waals surface area contributed by atoms with E-state index < -0.39 is 0 Å². The minimum absolute atomic E-state index is 0.203. The number of rotatable bonds is 0. The Balaban J connectivity index is 2.87. The molecule has 0 spiro atoms. The van der Waals surface area contributed by atoms with Gasteiger partial charge in [0.15, 0.2) is 0 Å². The van der Waals surface area contributed by atoms with E-state index in [9.17, 15) is 4.39 Å². The third kappa shape index (κ3) is 1.07. The Labute approximate surface area is 78.4 Å². The largest absolute Gasteiger partial charge is 0.398 e. The van der Waals surface area contributed by atoms with Crippen molar-refractivity contribution in [3.05, 3.63) is 23.3 Å². The monoisotopic (exact) mass is 199 g/mol. The molecule has 1 aromatic heterocycles. The van der Waals surface area contributed by atoms with Crippen LogP contribution in [0.15, 0.2) is 22.4 Å². The summed E-state index contributed by atoms with van der Waals surface area (Å²) in [6, 6.07) is 3.39. The molecule has 2 rings (SSSR count). The van der Waals surface area contributed by atoms with Crippen LogP contribution < -0.4 is 5.73 Å². The van der Waals surface area contributed by atoms with Crippen molar-refractivity contribution in [1.82, 2.24) is 0 Å². The summed E-state index contributed by atoms with van der Waals surface area (Å²) in [6.07, 6.45) is 0. The van der Waals surface area contributed by atoms with E-state index in [1.165, 1.54) is 16.7 Å². The lowest BCUT2D eigenvalue weighted by Gasteiger charge is -1.97. The lowest BCUT2D eigenvalue weighted by molar-refractivity contribution is 0.644. The summed E-state index contributed by atoms with van der Waals surface area (Å²) < 4.78 is 13.9. The maximum atomic E-state index is 13.0. The topological polar surface area (TPSA) is 26.0 Å². The molecule has 0 aliphatic carbocycles. The second-order valence-electron chi connectivity index (χ2n) is 2.49. The molecule has 0 radical (unpaired) electrons. The molecular weight excluding hydrogens is 193 g/mol. The summed E-state index contributed by atoms with van der Waals surface area (Å²) >= 11 is 5.46. The first-order valence-corrected chi connectivity index (χ1v) is 4.66. The first kappa shape index (κ1) is 7.89. The minimum Gasteiger partial charge on any atom is -0.398 e. The maximum absolute atomic E-state index is 13.0. The van der Waals surface area contributed by atoms with Crippen molar-refractivity contribution < 1.29 is 4.39 Å². The molecule has 0 saturated heterocycles. The average Bonchev–Trinajstić information content (AvgIpc) is 2.35. The highest BCUT2D eigenvalue weighted by molar-refractivity contribution is 7.80. The second-order valence-corrected chi connectivity index (χ2v) is 3.88. The minimum atomic E-state index is -0.203. The quantitative estimate of drug-likeness (QED) is 0.495. The van der Waals surface area contributed by atoms with Crippen LogP contribution in [0.1, 0.15) is 0 Å². The van der Waals surface area contributed by atoms with Crippen LogP contribution >= 0.6 is 24.0 Å². The molecule has 12 heavy (non-hydrogen) atoms. The lowest BCUT2D eigenvalue weighted by Crippen LogP contribution is -1.85. The van der Waals surface area contributed by atoms with Crippen LogP contribution in [0, 0.1) is 5.82 Å². The average molecular weight is 199 g/mol. The first-order chi connectivity index (χ1) is 5.68. The van der Waals surface area contributed by atoms with Crippen LogP contribution in [0.5, 0.6) is 0 Å². The number of nitrogen functional groups attached to an aromatic ring is 1. The molecule has 0 aliphatic heterocycles. The van der Waals surface area contributed by atoms with Crippen molar-refractivity contribution in [1.29, 1.82) is 0 Å². The van der Waals surface area contributed by atoms with Gasteiger partial charge in [-0.25, -0.2) is 4.39 Å². The van der Waals surface area contributed by atoms with E-state index in [4.69, 9.17) is 5.73 Å². The van der Waals surface area contributed by atoms with Crippen molar-refractivity contribution in [3.8, 4) is 0 Å². The molecule has 0 saturated carbocycles. The van der Waals surface area contributed by atoms with Crippen LogP contribution in [0.2, 0.25) is 0 Å². The van der Waals surface area contributed by atoms with Gasteiger partial charge in [0.2, 0.25) is 0 Å². The number of nitrogens with two attached hydrogens (primary N) is 1. The number of thiophene rings is 1. The van der Waals surface area contributed by atoms with Crippen molar-refractivity contribution >= 4 is 39.7 Å². The highest BCUT2D eigenvalue weighted by Crippen LogP contribution is 2.30. The van der Waals surface area contributed by atoms with Crippen LogP contribution in [0.25, 0.3) is 10.1 Å². The van der Waals surface area contributed by atoms with E-state index >= 15 is 0 Å². The van der Waals surface area contributed by atoms with Crippen LogP contribution in [0.3, 0.4) is 0 Å². The molecule has 0 aliphatic rings. The molecule has 0 fully saturated rings. The zero-order valence-corrected chi connectivity index (χ0v) is 7.75. The van der Waals surface area contributed by atoms with Gasteiger partial charge < -0.3 is 5.73 Å². The van der Waals surface area contributed by atoms with Gasteiger partial charge in [0.1, 0.15) is 5.82 Å². The summed E-state index contributed by atoms with van der Waals surface area (Å²) in [5, 5.41) is 2.07. The number of hydrogen-bond donors (Lipinski definition) is 2. The van der Waals surface area contributed by atoms with Crippen LogP contribution in [-0.4, -0.2) is 0 Å². The van der Waals surface area contributed by atoms with E-state index in [-0.39, 0.29) is 5.82 Å². The number of hydrogen-bond acceptors (Lipinski definition) is 3. The third-order valence-corrected chi connectivity index (χ3v) is 2.98. The molecule has 2 N–H and O–H groups in total. The Morgan fingerprint density at radius 3 is 2.92 bits per heavy atom. The molecule has 1 heterocycles. The van der Waals surface area contributed by atoms with E-state index in [1.54, 1.807) is 12.1 Å². The van der Waals surface area contributed by atoms with Crippen LogP contribution in [0.4, 0.5) is 10.1 Å². The summed E-state index contributed by atoms with van der Waals surface area (Å²) in [6.45, 7) is 0. The van der Waals surface area contributed by atoms with Crippen LogP contribution in [-0.2, 0) is 0 Å². The van der Waals surface area contributed by atoms with Crippen molar-refractivity contribution in [3.63, 3.8) is 0 Å². The SMILES string of the molecule is Nc1cc2scc(F)c2cc1S. The molecule has 0 bridgehead atoms. The normalized spacial score (nSPS) is 10.8. The van der Waals surface area contributed by atoms with Gasteiger partial charge in [-0.05, 0) is 12.1 Å². The smallest absolute Gasteiger partial charge is 0.141 e. The van der Waals surface area contributed by atoms with Gasteiger partial charge in [-0.2, -0.15) is 0 Å². The lowest BCUT2D eigenvalue weighted by atomic mass is 10.2. The van der Waals surface area contributed by atoms with Gasteiger partial charge >= 0.3 is 0 Å². The predicted molar refractivity (Wildman–Crippen MR) is 53.4 cm³/mol. The highest BCUT2D eigenvalue weighted by atomic mass is 32.1. The van der Waals surface area contributed by atoms with E-state index in [0.717, 1.165) is 4.70 Å². The zero-order valence-electron chi connectivity index (χ0n) is 6.04. The number of benzene rings is 1. The summed E-state index contributed by atoms with van der Waals surface area (Å²) in [4.78, 5) is 0.625. The van der Waals surface area contributed by atoms with E-state index in [1.807, 2.05) is 0 Å². The van der Waals surface area contributed by atoms with Gasteiger partial charge in [-0.3, -0.25) is 0 Å². The molecule has 0 amide bonds. The number of fused-ring (bicyclic) bond motifs is 1. The fraction of sp³-hybridized carbons (Fsp3) is 0. The van der Waals surface area contributed by atoms with Crippen molar-refractivity contribution in [2.75, 3.05) is 5.73 Å². The van der Waals surface area contributed by atoms with Crippen molar-refractivity contribution in [2.45, 2.75) is 4.90 Å². The van der Waals surface area contributed by atoms with Gasteiger partial charge in [-0.1, -0.05) is 0 Å². The Kier molecular flexibility index (Phi) is 1.73. The Morgan fingerprint density at radius 1 is 1.42 bits per heavy atom. The number of anilines is 1. The molecular formula is C8H6FNS2. The van der Waals surface area contributed by atoms with Gasteiger partial charge in [0.25, 0.3) is 0 Å². The fourth-order valence-electron chi connectivity index (χ4n) is 1.05. The Bertz CT molecular complexity index is 436. The van der Waals surface area contributed by atoms with Crippen molar-refractivity contribution in [2.24, 2.45) is 0 Å². The van der Waals surface area contributed by atoms with E-state index in [2.05, 4.69) is 12.6 Å². The number of thiol groups is 1. The van der Waals surface area contributed by atoms with Gasteiger partial charge in [0, 0.05) is 26.0 Å². The van der Waals surface area contributed by atoms with E-state index in [0.29, 0.717) is 16.0 Å². The fourth-order valence-corrected chi connectivity index (χ4v) is 2.08. The molecule has 0 unspecified atom stereocenters. The standard InChI is InChI=1S/C8H6FNS2/c9-5-3-12-8-2-6(10)7(11)1-4(5)8/h1-3,11H,10H2. The highest BCUT2D eigenvalue weighted by Gasteiger charge is 2.05. The summed E-state index contributed by atoms with van der Waals surface area (Å²) in [5.74, 6) is -0.203. The molecule has 62 valence electrons. The maximum Gasteiger partial charge on any atom is 0.141 e. The first-order valence-electron chi connectivity index (χ1n) is 3.33. The number of halogens is 1. The Hall–Kier alpha value is -0.740.